The maximum absolute atomic E-state index is 12.9. The Morgan fingerprint density at radius 2 is 2.06 bits per heavy atom. The highest BCUT2D eigenvalue weighted by molar-refractivity contribution is 6.31. The van der Waals surface area contributed by atoms with Crippen molar-refractivity contribution in [2.45, 2.75) is 25.9 Å². The summed E-state index contributed by atoms with van der Waals surface area (Å²) in [4.78, 5) is 0. The van der Waals surface area contributed by atoms with Crippen molar-refractivity contribution in [2.24, 2.45) is 5.92 Å². The van der Waals surface area contributed by atoms with Crippen LogP contribution in [0.15, 0.2) is 18.2 Å². The summed E-state index contributed by atoms with van der Waals surface area (Å²) in [7, 11) is 0. The van der Waals surface area contributed by atoms with Crippen molar-refractivity contribution in [3.05, 3.63) is 34.3 Å². The molecule has 1 aliphatic heterocycles. The van der Waals surface area contributed by atoms with Gasteiger partial charge in [-0.25, -0.2) is 4.39 Å². The molecule has 0 unspecified atom stereocenters. The lowest BCUT2D eigenvalue weighted by Crippen LogP contribution is -2.28. The average molecular weight is 242 g/mol. The van der Waals surface area contributed by atoms with Gasteiger partial charge in [0.2, 0.25) is 0 Å². The van der Waals surface area contributed by atoms with Gasteiger partial charge < -0.3 is 5.32 Å². The minimum Gasteiger partial charge on any atom is -0.317 e. The minimum atomic E-state index is -0.458. The molecule has 0 aliphatic carbocycles. The summed E-state index contributed by atoms with van der Waals surface area (Å²) in [5.74, 6) is 0.671. The Balaban J connectivity index is 2.10. The van der Waals surface area contributed by atoms with Crippen LogP contribution in [-0.4, -0.2) is 13.1 Å². The van der Waals surface area contributed by atoms with Crippen molar-refractivity contribution >= 4 is 11.6 Å². The van der Waals surface area contributed by atoms with Crippen molar-refractivity contribution in [1.29, 1.82) is 0 Å². The molecule has 1 heterocycles. The van der Waals surface area contributed by atoms with E-state index in [0.29, 0.717) is 16.5 Å². The standard InChI is InChI=1S/C13H17ClFN/c14-13-3-1-2-11(12(13)9-15)8-10-4-6-16-7-5-10/h1-3,10,16H,4-9H2. The van der Waals surface area contributed by atoms with E-state index in [-0.39, 0.29) is 0 Å². The van der Waals surface area contributed by atoms with Crippen LogP contribution in [0.1, 0.15) is 24.0 Å². The second-order valence-corrected chi connectivity index (χ2v) is 4.82. The predicted octanol–water partition coefficient (Wildman–Crippen LogP) is 3.35. The molecule has 1 nitrogen and oxygen atoms in total. The first-order valence-electron chi connectivity index (χ1n) is 5.84. The molecule has 0 aromatic heterocycles. The number of piperidine rings is 1. The van der Waals surface area contributed by atoms with Crippen molar-refractivity contribution < 1.29 is 4.39 Å². The lowest BCUT2D eigenvalue weighted by molar-refractivity contribution is 0.370. The molecule has 1 aromatic rings. The first-order chi connectivity index (χ1) is 7.81. The fourth-order valence-electron chi connectivity index (χ4n) is 2.34. The first-order valence-corrected chi connectivity index (χ1v) is 6.22. The predicted molar refractivity (Wildman–Crippen MR) is 65.6 cm³/mol. The second-order valence-electron chi connectivity index (χ2n) is 4.41. The Bertz CT molecular complexity index is 348. The monoisotopic (exact) mass is 241 g/mol. The highest BCUT2D eigenvalue weighted by atomic mass is 35.5. The highest BCUT2D eigenvalue weighted by Gasteiger charge is 2.16. The molecule has 88 valence electrons. The number of hydrogen-bond acceptors (Lipinski definition) is 1. The summed E-state index contributed by atoms with van der Waals surface area (Å²) in [5, 5.41) is 3.90. The van der Waals surface area contributed by atoms with Crippen LogP contribution in [0.5, 0.6) is 0 Å². The molecule has 1 saturated heterocycles. The van der Waals surface area contributed by atoms with E-state index < -0.39 is 6.67 Å². The van der Waals surface area contributed by atoms with Gasteiger partial charge in [-0.05, 0) is 49.9 Å². The lowest BCUT2D eigenvalue weighted by atomic mass is 9.89. The third-order valence-electron chi connectivity index (χ3n) is 3.32. The SMILES string of the molecule is FCc1c(Cl)cccc1CC1CCNCC1. The van der Waals surface area contributed by atoms with Gasteiger partial charge in [0.25, 0.3) is 0 Å². The van der Waals surface area contributed by atoms with Gasteiger partial charge in [-0.3, -0.25) is 0 Å². The topological polar surface area (TPSA) is 12.0 Å². The number of halogens is 2. The Labute approximate surface area is 101 Å². The zero-order chi connectivity index (χ0) is 11.4. The van der Waals surface area contributed by atoms with Gasteiger partial charge in [0.05, 0.1) is 0 Å². The van der Waals surface area contributed by atoms with Gasteiger partial charge in [0, 0.05) is 10.6 Å². The summed E-state index contributed by atoms with van der Waals surface area (Å²) in [6.07, 6.45) is 3.32. The van der Waals surface area contributed by atoms with E-state index in [1.807, 2.05) is 12.1 Å². The van der Waals surface area contributed by atoms with Crippen LogP contribution in [0, 0.1) is 5.92 Å². The molecule has 1 aliphatic rings. The third-order valence-corrected chi connectivity index (χ3v) is 3.67. The summed E-state index contributed by atoms with van der Waals surface area (Å²) in [6, 6.07) is 5.68. The quantitative estimate of drug-likeness (QED) is 0.856. The fourth-order valence-corrected chi connectivity index (χ4v) is 2.59. The molecule has 0 amide bonds. The van der Waals surface area contributed by atoms with Crippen molar-refractivity contribution in [3.8, 4) is 0 Å². The zero-order valence-corrected chi connectivity index (χ0v) is 10.1. The van der Waals surface area contributed by atoms with E-state index in [1.54, 1.807) is 6.07 Å². The van der Waals surface area contributed by atoms with Gasteiger partial charge in [-0.15, -0.1) is 0 Å². The van der Waals surface area contributed by atoms with E-state index in [2.05, 4.69) is 5.32 Å². The maximum Gasteiger partial charge on any atom is 0.116 e. The first kappa shape index (κ1) is 11.9. The van der Waals surface area contributed by atoms with Gasteiger partial charge in [-0.2, -0.15) is 0 Å². The zero-order valence-electron chi connectivity index (χ0n) is 9.31. The molecule has 3 heteroatoms. The molecular formula is C13H17ClFN. The molecule has 2 rings (SSSR count). The van der Waals surface area contributed by atoms with Gasteiger partial charge in [-0.1, -0.05) is 23.7 Å². The summed E-state index contributed by atoms with van der Waals surface area (Å²) in [5.41, 5.74) is 1.77. The summed E-state index contributed by atoms with van der Waals surface area (Å²) >= 11 is 5.99. The number of rotatable bonds is 3. The Kier molecular flexibility index (Phi) is 4.19. The molecule has 0 radical (unpaired) electrons. The molecule has 1 N–H and O–H groups in total. The van der Waals surface area contributed by atoms with E-state index >= 15 is 0 Å². The molecule has 0 saturated carbocycles. The maximum atomic E-state index is 12.9. The Hall–Kier alpha value is -0.600. The van der Waals surface area contributed by atoms with Gasteiger partial charge >= 0.3 is 0 Å². The van der Waals surface area contributed by atoms with Gasteiger partial charge in [0.1, 0.15) is 6.67 Å². The normalized spacial score (nSPS) is 17.6. The van der Waals surface area contributed by atoms with Crippen LogP contribution >= 0.6 is 11.6 Å². The van der Waals surface area contributed by atoms with Crippen molar-refractivity contribution in [3.63, 3.8) is 0 Å². The number of alkyl halides is 1. The lowest BCUT2D eigenvalue weighted by Gasteiger charge is -2.23. The van der Waals surface area contributed by atoms with E-state index in [0.717, 1.165) is 25.1 Å². The molecule has 1 aromatic carbocycles. The van der Waals surface area contributed by atoms with Crippen LogP contribution in [0.4, 0.5) is 4.39 Å². The third kappa shape index (κ3) is 2.74. The molecule has 16 heavy (non-hydrogen) atoms. The molecule has 0 atom stereocenters. The van der Waals surface area contributed by atoms with Crippen LogP contribution in [0.3, 0.4) is 0 Å². The highest BCUT2D eigenvalue weighted by Crippen LogP contribution is 2.26. The van der Waals surface area contributed by atoms with Crippen LogP contribution in [0.2, 0.25) is 5.02 Å². The smallest absolute Gasteiger partial charge is 0.116 e. The molecular weight excluding hydrogens is 225 g/mol. The Morgan fingerprint density at radius 1 is 1.31 bits per heavy atom. The molecule has 0 bridgehead atoms. The van der Waals surface area contributed by atoms with E-state index in [1.165, 1.54) is 12.8 Å². The number of nitrogens with one attached hydrogen (secondary N) is 1. The average Bonchev–Trinajstić information content (AvgIpc) is 2.31. The largest absolute Gasteiger partial charge is 0.317 e. The minimum absolute atomic E-state index is 0.458. The van der Waals surface area contributed by atoms with E-state index in [9.17, 15) is 4.39 Å². The Morgan fingerprint density at radius 3 is 2.75 bits per heavy atom. The van der Waals surface area contributed by atoms with E-state index in [4.69, 9.17) is 11.6 Å². The fraction of sp³-hybridized carbons (Fsp3) is 0.538. The van der Waals surface area contributed by atoms with Crippen LogP contribution in [-0.2, 0) is 13.1 Å². The van der Waals surface area contributed by atoms with Crippen molar-refractivity contribution in [2.75, 3.05) is 13.1 Å². The van der Waals surface area contributed by atoms with Crippen LogP contribution < -0.4 is 5.32 Å². The molecule has 0 spiro atoms. The number of benzene rings is 1. The second kappa shape index (κ2) is 5.65. The van der Waals surface area contributed by atoms with Gasteiger partial charge in [0.15, 0.2) is 0 Å². The summed E-state index contributed by atoms with van der Waals surface area (Å²) < 4.78 is 12.9. The van der Waals surface area contributed by atoms with Crippen molar-refractivity contribution in [1.82, 2.24) is 5.32 Å². The van der Waals surface area contributed by atoms with Crippen LogP contribution in [0.25, 0.3) is 0 Å². The molecule has 1 fully saturated rings. The summed E-state index contributed by atoms with van der Waals surface area (Å²) in [6.45, 7) is 1.70. The number of hydrogen-bond donors (Lipinski definition) is 1.